The Morgan fingerprint density at radius 1 is 1.80 bits per heavy atom. The fourth-order valence-electron chi connectivity index (χ4n) is 0.952. The Labute approximate surface area is 58.7 Å². The Morgan fingerprint density at radius 3 is 3.00 bits per heavy atom. The molecule has 0 radical (unpaired) electrons. The van der Waals surface area contributed by atoms with E-state index in [0.29, 0.717) is 6.61 Å². The molecule has 0 spiro atoms. The molecule has 1 saturated heterocycles. The molecule has 1 rings (SSSR count). The zero-order valence-electron chi connectivity index (χ0n) is 5.45. The first-order valence-electron chi connectivity index (χ1n) is 3.12. The van der Waals surface area contributed by atoms with Gasteiger partial charge in [-0.2, -0.15) is 5.26 Å². The summed E-state index contributed by atoms with van der Waals surface area (Å²) >= 11 is 0. The van der Waals surface area contributed by atoms with Crippen molar-refractivity contribution in [2.24, 2.45) is 5.16 Å². The number of rotatable bonds is 1. The maximum absolute atomic E-state index is 8.37. The molecule has 0 saturated carbocycles. The highest BCUT2D eigenvalue weighted by Crippen LogP contribution is 2.12. The van der Waals surface area contributed by atoms with E-state index in [1.165, 1.54) is 0 Å². The SMILES string of the molecule is N#CC(=NO)C1CCCO1. The van der Waals surface area contributed by atoms with Gasteiger partial charge in [0.15, 0.2) is 5.71 Å². The van der Waals surface area contributed by atoms with E-state index < -0.39 is 0 Å². The van der Waals surface area contributed by atoms with Crippen LogP contribution in [0.3, 0.4) is 0 Å². The molecule has 54 valence electrons. The number of ether oxygens (including phenoxy) is 1. The van der Waals surface area contributed by atoms with Crippen molar-refractivity contribution in [2.75, 3.05) is 6.61 Å². The minimum Gasteiger partial charge on any atom is -0.410 e. The lowest BCUT2D eigenvalue weighted by Gasteiger charge is -2.02. The van der Waals surface area contributed by atoms with Crippen molar-refractivity contribution in [3.05, 3.63) is 0 Å². The second-order valence-corrected chi connectivity index (χ2v) is 2.10. The molecule has 0 amide bonds. The largest absolute Gasteiger partial charge is 0.410 e. The molecule has 0 aromatic heterocycles. The van der Waals surface area contributed by atoms with Crippen LogP contribution in [0.1, 0.15) is 12.8 Å². The topological polar surface area (TPSA) is 65.6 Å². The third-order valence-electron chi connectivity index (χ3n) is 1.46. The summed E-state index contributed by atoms with van der Waals surface area (Å²) in [6.45, 7) is 0.658. The normalized spacial score (nSPS) is 26.3. The molecule has 1 aliphatic heterocycles. The van der Waals surface area contributed by atoms with E-state index in [1.54, 1.807) is 6.07 Å². The highest BCUT2D eigenvalue weighted by atomic mass is 16.5. The van der Waals surface area contributed by atoms with Gasteiger partial charge in [-0.25, -0.2) is 0 Å². The first-order valence-corrected chi connectivity index (χ1v) is 3.12. The van der Waals surface area contributed by atoms with Gasteiger partial charge in [-0.05, 0) is 12.8 Å². The highest BCUT2D eigenvalue weighted by molar-refractivity contribution is 6.01. The maximum atomic E-state index is 8.37. The summed E-state index contributed by atoms with van der Waals surface area (Å²) in [5, 5.41) is 19.5. The minimum atomic E-state index is -0.269. The van der Waals surface area contributed by atoms with E-state index in [4.69, 9.17) is 15.2 Å². The molecular weight excluding hydrogens is 132 g/mol. The molecule has 4 heteroatoms. The van der Waals surface area contributed by atoms with Crippen LogP contribution in [-0.4, -0.2) is 23.6 Å². The first kappa shape index (κ1) is 7.03. The molecule has 0 aliphatic carbocycles. The van der Waals surface area contributed by atoms with Crippen molar-refractivity contribution < 1.29 is 9.94 Å². The summed E-state index contributed by atoms with van der Waals surface area (Å²) in [6, 6.07) is 1.77. The van der Waals surface area contributed by atoms with E-state index in [1.807, 2.05) is 0 Å². The van der Waals surface area contributed by atoms with Crippen molar-refractivity contribution in [3.8, 4) is 6.07 Å². The van der Waals surface area contributed by atoms with E-state index >= 15 is 0 Å². The third kappa shape index (κ3) is 1.25. The van der Waals surface area contributed by atoms with Crippen LogP contribution in [-0.2, 0) is 4.74 Å². The zero-order chi connectivity index (χ0) is 7.40. The van der Waals surface area contributed by atoms with E-state index in [0.717, 1.165) is 12.8 Å². The second-order valence-electron chi connectivity index (χ2n) is 2.10. The predicted octanol–water partition coefficient (Wildman–Crippen LogP) is 0.519. The van der Waals surface area contributed by atoms with Gasteiger partial charge in [-0.15, -0.1) is 0 Å². The van der Waals surface area contributed by atoms with E-state index in [-0.39, 0.29) is 11.8 Å². The summed E-state index contributed by atoms with van der Waals surface area (Å²) in [5.74, 6) is 0. The van der Waals surface area contributed by atoms with Crippen LogP contribution >= 0.6 is 0 Å². The lowest BCUT2D eigenvalue weighted by molar-refractivity contribution is 0.155. The van der Waals surface area contributed by atoms with Crippen molar-refractivity contribution in [1.82, 2.24) is 0 Å². The summed E-state index contributed by atoms with van der Waals surface area (Å²) in [4.78, 5) is 0. The summed E-state index contributed by atoms with van der Waals surface area (Å²) in [5.41, 5.74) is 0.0810. The molecule has 0 aromatic carbocycles. The summed E-state index contributed by atoms with van der Waals surface area (Å²) in [7, 11) is 0. The van der Waals surface area contributed by atoms with Gasteiger partial charge in [-0.1, -0.05) is 5.16 Å². The van der Waals surface area contributed by atoms with Crippen LogP contribution in [0, 0.1) is 11.3 Å². The Balaban J connectivity index is 2.55. The fourth-order valence-corrected chi connectivity index (χ4v) is 0.952. The van der Waals surface area contributed by atoms with Gasteiger partial charge in [0.05, 0.1) is 0 Å². The number of hydrogen-bond acceptors (Lipinski definition) is 4. The van der Waals surface area contributed by atoms with E-state index in [9.17, 15) is 0 Å². The van der Waals surface area contributed by atoms with Crippen molar-refractivity contribution in [2.45, 2.75) is 18.9 Å². The van der Waals surface area contributed by atoms with Crippen molar-refractivity contribution >= 4 is 5.71 Å². The van der Waals surface area contributed by atoms with Gasteiger partial charge in [-0.3, -0.25) is 0 Å². The van der Waals surface area contributed by atoms with Crippen LogP contribution in [0.25, 0.3) is 0 Å². The van der Waals surface area contributed by atoms with Crippen LogP contribution in [0.5, 0.6) is 0 Å². The first-order chi connectivity index (χ1) is 4.88. The van der Waals surface area contributed by atoms with Gasteiger partial charge < -0.3 is 9.94 Å². The summed E-state index contributed by atoms with van der Waals surface area (Å²) < 4.78 is 5.08. The van der Waals surface area contributed by atoms with Gasteiger partial charge in [0.25, 0.3) is 0 Å². The highest BCUT2D eigenvalue weighted by Gasteiger charge is 2.21. The van der Waals surface area contributed by atoms with Crippen LogP contribution in [0.4, 0.5) is 0 Å². The van der Waals surface area contributed by atoms with Crippen LogP contribution in [0.2, 0.25) is 0 Å². The van der Waals surface area contributed by atoms with Gasteiger partial charge in [0, 0.05) is 6.61 Å². The molecule has 1 heterocycles. The molecule has 1 unspecified atom stereocenters. The Hall–Kier alpha value is -1.08. The smallest absolute Gasteiger partial charge is 0.185 e. The van der Waals surface area contributed by atoms with Crippen LogP contribution in [0.15, 0.2) is 5.16 Å². The number of oxime groups is 1. The fraction of sp³-hybridized carbons (Fsp3) is 0.667. The Kier molecular flexibility index (Phi) is 2.24. The number of nitriles is 1. The lowest BCUT2D eigenvalue weighted by Crippen LogP contribution is -2.17. The van der Waals surface area contributed by atoms with E-state index in [2.05, 4.69) is 5.16 Å². The quantitative estimate of drug-likeness (QED) is 0.328. The number of nitrogens with zero attached hydrogens (tertiary/aromatic N) is 2. The standard InChI is InChI=1S/C6H8N2O2/c7-4-5(8-9)6-2-1-3-10-6/h6,9H,1-3H2. The average molecular weight is 140 g/mol. The molecule has 1 N–H and O–H groups in total. The molecule has 0 aromatic rings. The molecule has 1 fully saturated rings. The number of hydrogen-bond donors (Lipinski definition) is 1. The molecule has 1 atom stereocenters. The van der Waals surface area contributed by atoms with Gasteiger partial charge in [0.2, 0.25) is 0 Å². The molecule has 1 aliphatic rings. The maximum Gasteiger partial charge on any atom is 0.185 e. The van der Waals surface area contributed by atoms with Gasteiger partial charge >= 0.3 is 0 Å². The van der Waals surface area contributed by atoms with Crippen molar-refractivity contribution in [1.29, 1.82) is 5.26 Å². The predicted molar refractivity (Wildman–Crippen MR) is 33.8 cm³/mol. The van der Waals surface area contributed by atoms with Crippen molar-refractivity contribution in [3.63, 3.8) is 0 Å². The van der Waals surface area contributed by atoms with Gasteiger partial charge in [0.1, 0.15) is 12.2 Å². The monoisotopic (exact) mass is 140 g/mol. The second kappa shape index (κ2) is 3.18. The molecular formula is C6H8N2O2. The average Bonchev–Trinajstić information content (AvgIpc) is 2.43. The third-order valence-corrected chi connectivity index (χ3v) is 1.46. The minimum absolute atomic E-state index is 0.0810. The molecule has 0 bridgehead atoms. The molecule has 4 nitrogen and oxygen atoms in total. The Bertz CT molecular complexity index is 177. The Morgan fingerprint density at radius 2 is 2.60 bits per heavy atom. The summed E-state index contributed by atoms with van der Waals surface area (Å²) in [6.07, 6.45) is 1.45. The lowest BCUT2D eigenvalue weighted by atomic mass is 10.2. The zero-order valence-corrected chi connectivity index (χ0v) is 5.45. The molecule has 10 heavy (non-hydrogen) atoms. The van der Waals surface area contributed by atoms with Crippen LogP contribution < -0.4 is 0 Å².